The molecule has 0 saturated heterocycles. The zero-order valence-electron chi connectivity index (χ0n) is 26.9. The van der Waals surface area contributed by atoms with Crippen LogP contribution in [-0.2, 0) is 0 Å². The first kappa shape index (κ1) is 28.4. The number of rotatable bonds is 5. The Bertz CT molecular complexity index is 2620. The zero-order valence-corrected chi connectivity index (χ0v) is 26.9. The fourth-order valence-electron chi connectivity index (χ4n) is 7.20. The van der Waals surface area contributed by atoms with E-state index in [4.69, 9.17) is 24.1 Å². The summed E-state index contributed by atoms with van der Waals surface area (Å²) in [6, 6.07) is 47.8. The number of hydrogen-bond acceptors (Lipinski definition) is 5. The van der Waals surface area contributed by atoms with Crippen LogP contribution < -0.4 is 4.74 Å². The quantitative estimate of drug-likeness (QED) is 0.187. The highest BCUT2D eigenvalue weighted by molar-refractivity contribution is 6.13. The van der Waals surface area contributed by atoms with Gasteiger partial charge in [0.25, 0.3) is 0 Å². The highest BCUT2D eigenvalue weighted by Crippen LogP contribution is 2.45. The summed E-state index contributed by atoms with van der Waals surface area (Å²) in [5.41, 5.74) is 9.83. The lowest BCUT2D eigenvalue weighted by atomic mass is 9.90. The molecule has 10 rings (SSSR count). The third-order valence-corrected chi connectivity index (χ3v) is 9.69. The van der Waals surface area contributed by atoms with E-state index in [1.807, 2.05) is 54.6 Å². The van der Waals surface area contributed by atoms with E-state index in [-0.39, 0.29) is 12.0 Å². The van der Waals surface area contributed by atoms with Crippen molar-refractivity contribution in [1.82, 2.24) is 15.0 Å². The van der Waals surface area contributed by atoms with Gasteiger partial charge in [0.1, 0.15) is 23.0 Å². The molecule has 2 aromatic heterocycles. The molecule has 5 nitrogen and oxygen atoms in total. The molecular formula is C45H29N3O2. The SMILES string of the molecule is C1=CC2Oc3cc(-c4cc(-c5nc(-c6ccccc6)nc(-c6ccc(-c7ccccc7)cc6)n5)c5c(c4)oc4ccccc45)ccc3C2C=C1. The third-order valence-electron chi connectivity index (χ3n) is 9.69. The lowest BCUT2D eigenvalue weighted by Gasteiger charge is -2.13. The van der Waals surface area contributed by atoms with E-state index in [2.05, 4.69) is 109 Å². The molecule has 0 amide bonds. The Morgan fingerprint density at radius 1 is 0.460 bits per heavy atom. The Balaban J connectivity index is 1.17. The van der Waals surface area contributed by atoms with Crippen molar-refractivity contribution in [3.8, 4) is 62.2 Å². The molecule has 236 valence electrons. The molecule has 0 N–H and O–H groups in total. The van der Waals surface area contributed by atoms with Gasteiger partial charge in [-0.25, -0.2) is 15.0 Å². The second-order valence-corrected chi connectivity index (χ2v) is 12.7. The fourth-order valence-corrected chi connectivity index (χ4v) is 7.20. The van der Waals surface area contributed by atoms with Gasteiger partial charge in [-0.1, -0.05) is 133 Å². The number of ether oxygens (including phenoxy) is 1. The maximum atomic E-state index is 6.51. The molecule has 2 unspecified atom stereocenters. The summed E-state index contributed by atoms with van der Waals surface area (Å²) in [5, 5.41) is 1.98. The van der Waals surface area contributed by atoms with Crippen molar-refractivity contribution in [3.05, 3.63) is 169 Å². The van der Waals surface area contributed by atoms with E-state index < -0.39 is 0 Å². The lowest BCUT2D eigenvalue weighted by molar-refractivity contribution is 0.269. The normalized spacial score (nSPS) is 16.0. The van der Waals surface area contributed by atoms with Gasteiger partial charge in [0, 0.05) is 38.9 Å². The average molecular weight is 644 g/mol. The molecule has 3 heterocycles. The summed E-state index contributed by atoms with van der Waals surface area (Å²) in [5.74, 6) is 2.94. The summed E-state index contributed by atoms with van der Waals surface area (Å²) in [7, 11) is 0. The van der Waals surface area contributed by atoms with Gasteiger partial charge in [0.15, 0.2) is 17.5 Å². The number of fused-ring (bicyclic) bond motifs is 6. The summed E-state index contributed by atoms with van der Waals surface area (Å²) in [4.78, 5) is 15.3. The van der Waals surface area contributed by atoms with Gasteiger partial charge in [-0.3, -0.25) is 0 Å². The van der Waals surface area contributed by atoms with Crippen molar-refractivity contribution in [1.29, 1.82) is 0 Å². The monoisotopic (exact) mass is 643 g/mol. The minimum Gasteiger partial charge on any atom is -0.485 e. The first-order valence-electron chi connectivity index (χ1n) is 16.8. The Kier molecular flexibility index (Phi) is 6.56. The Labute approximate surface area is 288 Å². The van der Waals surface area contributed by atoms with Crippen LogP contribution in [0.3, 0.4) is 0 Å². The van der Waals surface area contributed by atoms with Crippen LogP contribution in [-0.4, -0.2) is 21.1 Å². The maximum absolute atomic E-state index is 6.51. The summed E-state index contributed by atoms with van der Waals surface area (Å²) >= 11 is 0. The number of nitrogens with zero attached hydrogens (tertiary/aromatic N) is 3. The van der Waals surface area contributed by atoms with Crippen molar-refractivity contribution in [2.24, 2.45) is 0 Å². The molecule has 8 aromatic rings. The lowest BCUT2D eigenvalue weighted by Crippen LogP contribution is -2.15. The standard InChI is InChI=1S/C45H29N3O2/c1-3-11-28(12-4-1)29-19-21-31(22-20-29)44-46-43(30-13-5-2-6-14-30)47-45(48-44)37-25-33(27-41-42(37)36-16-8-10-18-39(36)50-41)32-23-24-35-34-15-7-9-17-38(34)49-40(35)26-32/h1-27,34,38H. The molecule has 6 aromatic carbocycles. The van der Waals surface area contributed by atoms with Gasteiger partial charge >= 0.3 is 0 Å². The zero-order chi connectivity index (χ0) is 33.0. The number of benzene rings is 6. The molecule has 5 heteroatoms. The second-order valence-electron chi connectivity index (χ2n) is 12.7. The maximum Gasteiger partial charge on any atom is 0.164 e. The predicted octanol–water partition coefficient (Wildman–Crippen LogP) is 11.1. The van der Waals surface area contributed by atoms with Crippen LogP contribution in [0, 0.1) is 0 Å². The first-order valence-corrected chi connectivity index (χ1v) is 16.8. The van der Waals surface area contributed by atoms with Gasteiger partial charge in [0.05, 0.1) is 0 Å². The molecule has 2 aliphatic rings. The highest BCUT2D eigenvalue weighted by Gasteiger charge is 2.32. The molecule has 50 heavy (non-hydrogen) atoms. The van der Waals surface area contributed by atoms with Crippen molar-refractivity contribution in [3.63, 3.8) is 0 Å². The third kappa shape index (κ3) is 4.82. The molecule has 0 saturated carbocycles. The molecule has 1 aliphatic heterocycles. The van der Waals surface area contributed by atoms with Crippen LogP contribution >= 0.6 is 0 Å². The largest absolute Gasteiger partial charge is 0.485 e. The van der Waals surface area contributed by atoms with Gasteiger partial charge in [-0.15, -0.1) is 0 Å². The predicted molar refractivity (Wildman–Crippen MR) is 200 cm³/mol. The number of hydrogen-bond donors (Lipinski definition) is 0. The summed E-state index contributed by atoms with van der Waals surface area (Å²) in [6.07, 6.45) is 8.52. The van der Waals surface area contributed by atoms with Crippen LogP contribution in [0.5, 0.6) is 5.75 Å². The number of aromatic nitrogens is 3. The van der Waals surface area contributed by atoms with Crippen molar-refractivity contribution >= 4 is 21.9 Å². The van der Waals surface area contributed by atoms with Gasteiger partial charge in [-0.2, -0.15) is 0 Å². The average Bonchev–Trinajstić information content (AvgIpc) is 3.76. The Hall–Kier alpha value is -6.59. The minimum absolute atomic E-state index is 0.0282. The van der Waals surface area contributed by atoms with Crippen LogP contribution in [0.15, 0.2) is 168 Å². The topological polar surface area (TPSA) is 61.0 Å². The van der Waals surface area contributed by atoms with E-state index >= 15 is 0 Å². The molecule has 0 radical (unpaired) electrons. The number of allylic oxidation sites excluding steroid dienone is 2. The van der Waals surface area contributed by atoms with E-state index in [1.54, 1.807) is 0 Å². The van der Waals surface area contributed by atoms with E-state index in [0.29, 0.717) is 17.5 Å². The van der Waals surface area contributed by atoms with Gasteiger partial charge in [0.2, 0.25) is 0 Å². The van der Waals surface area contributed by atoms with Crippen LogP contribution in [0.4, 0.5) is 0 Å². The Morgan fingerprint density at radius 3 is 1.88 bits per heavy atom. The summed E-state index contributed by atoms with van der Waals surface area (Å²) in [6.45, 7) is 0. The van der Waals surface area contributed by atoms with Crippen LogP contribution in [0.25, 0.3) is 78.4 Å². The molecule has 1 aliphatic carbocycles. The first-order chi connectivity index (χ1) is 24.7. The number of para-hydroxylation sites is 1. The minimum atomic E-state index is 0.0282. The molecule has 0 bridgehead atoms. The fraction of sp³-hybridized carbons (Fsp3) is 0.0444. The highest BCUT2D eigenvalue weighted by atomic mass is 16.5. The molecule has 0 spiro atoms. The van der Waals surface area contributed by atoms with E-state index in [0.717, 1.165) is 66.6 Å². The molecule has 0 fully saturated rings. The molecule has 2 atom stereocenters. The second kappa shape index (κ2) is 11.5. The van der Waals surface area contributed by atoms with Gasteiger partial charge in [-0.05, 0) is 52.6 Å². The van der Waals surface area contributed by atoms with E-state index in [9.17, 15) is 0 Å². The smallest absolute Gasteiger partial charge is 0.164 e. The Morgan fingerprint density at radius 2 is 1.08 bits per heavy atom. The number of furan rings is 1. The van der Waals surface area contributed by atoms with Crippen molar-refractivity contribution in [2.45, 2.75) is 12.0 Å². The van der Waals surface area contributed by atoms with E-state index in [1.165, 1.54) is 5.56 Å². The molecular weight excluding hydrogens is 615 g/mol. The van der Waals surface area contributed by atoms with Crippen molar-refractivity contribution < 1.29 is 9.15 Å². The van der Waals surface area contributed by atoms with Gasteiger partial charge < -0.3 is 9.15 Å². The van der Waals surface area contributed by atoms with Crippen molar-refractivity contribution in [2.75, 3.05) is 0 Å². The summed E-state index contributed by atoms with van der Waals surface area (Å²) < 4.78 is 12.9. The van der Waals surface area contributed by atoms with Crippen LogP contribution in [0.2, 0.25) is 0 Å². The van der Waals surface area contributed by atoms with Crippen LogP contribution in [0.1, 0.15) is 11.5 Å².